The molecule has 2 rings (SSSR count). The maximum Gasteiger partial charge on any atom is 0.290 e. The molecule has 2 atom stereocenters. The summed E-state index contributed by atoms with van der Waals surface area (Å²) < 4.78 is 5.23. The van der Waals surface area contributed by atoms with Gasteiger partial charge in [0.15, 0.2) is 5.60 Å². The van der Waals surface area contributed by atoms with E-state index in [0.717, 1.165) is 5.06 Å². The van der Waals surface area contributed by atoms with Crippen LogP contribution in [-0.2, 0) is 19.2 Å². The second-order valence-electron chi connectivity index (χ2n) is 3.57. The second-order valence-corrected chi connectivity index (χ2v) is 3.57. The summed E-state index contributed by atoms with van der Waals surface area (Å²) in [6.45, 7) is 1.98. The van der Waals surface area contributed by atoms with E-state index in [0.29, 0.717) is 0 Å². The minimum Gasteiger partial charge on any atom is -0.363 e. The van der Waals surface area contributed by atoms with Crippen LogP contribution < -0.4 is 0 Å². The average Bonchev–Trinajstić information content (AvgIpc) is 2.53. The standard InChI is InChI=1S/C11H13NO4/c1-3-16-12-9(13)8-6-4-5-7-11(8,15-2)10(12)14/h4-8H,3H2,1-2H3. The molecule has 0 bridgehead atoms. The van der Waals surface area contributed by atoms with Crippen molar-refractivity contribution in [1.29, 1.82) is 0 Å². The number of carbonyl (C=O) groups excluding carboxylic acids is 2. The molecular formula is C11H13NO4. The van der Waals surface area contributed by atoms with Crippen molar-refractivity contribution in [2.75, 3.05) is 13.7 Å². The number of carbonyl (C=O) groups is 2. The molecular weight excluding hydrogens is 210 g/mol. The van der Waals surface area contributed by atoms with Gasteiger partial charge in [-0.1, -0.05) is 18.2 Å². The lowest BCUT2D eigenvalue weighted by atomic mass is 9.86. The number of amides is 2. The van der Waals surface area contributed by atoms with Gasteiger partial charge in [-0.05, 0) is 13.0 Å². The molecule has 5 heteroatoms. The van der Waals surface area contributed by atoms with E-state index in [4.69, 9.17) is 9.57 Å². The van der Waals surface area contributed by atoms with Gasteiger partial charge in [-0.25, -0.2) is 0 Å². The van der Waals surface area contributed by atoms with Gasteiger partial charge in [-0.15, -0.1) is 5.06 Å². The number of methoxy groups -OCH3 is 1. The van der Waals surface area contributed by atoms with Crippen LogP contribution >= 0.6 is 0 Å². The first-order valence-electron chi connectivity index (χ1n) is 5.10. The van der Waals surface area contributed by atoms with Crippen molar-refractivity contribution in [2.45, 2.75) is 12.5 Å². The van der Waals surface area contributed by atoms with Crippen LogP contribution in [0, 0.1) is 5.92 Å². The Morgan fingerprint density at radius 2 is 2.19 bits per heavy atom. The zero-order valence-corrected chi connectivity index (χ0v) is 9.17. The molecule has 1 heterocycles. The third-order valence-electron chi connectivity index (χ3n) is 2.80. The number of allylic oxidation sites excluding steroid dienone is 2. The van der Waals surface area contributed by atoms with E-state index in [-0.39, 0.29) is 12.5 Å². The molecule has 0 radical (unpaired) electrons. The van der Waals surface area contributed by atoms with Crippen molar-refractivity contribution in [2.24, 2.45) is 5.92 Å². The van der Waals surface area contributed by atoms with Crippen LogP contribution in [0.4, 0.5) is 0 Å². The van der Waals surface area contributed by atoms with Gasteiger partial charge in [0.1, 0.15) is 5.92 Å². The van der Waals surface area contributed by atoms with Crippen molar-refractivity contribution in [3.8, 4) is 0 Å². The van der Waals surface area contributed by atoms with Crippen molar-refractivity contribution < 1.29 is 19.2 Å². The van der Waals surface area contributed by atoms with Crippen LogP contribution in [0.25, 0.3) is 0 Å². The Labute approximate surface area is 93.3 Å². The Hall–Kier alpha value is -1.46. The first-order chi connectivity index (χ1) is 7.67. The highest BCUT2D eigenvalue weighted by Gasteiger charge is 2.59. The molecule has 0 aromatic carbocycles. The lowest BCUT2D eigenvalue weighted by Crippen LogP contribution is -2.43. The number of hydrogen-bond donors (Lipinski definition) is 0. The fourth-order valence-corrected chi connectivity index (χ4v) is 2.01. The molecule has 1 saturated heterocycles. The van der Waals surface area contributed by atoms with E-state index in [1.807, 2.05) is 0 Å². The van der Waals surface area contributed by atoms with Gasteiger partial charge in [0.05, 0.1) is 6.61 Å². The minimum atomic E-state index is -1.22. The monoisotopic (exact) mass is 223 g/mol. The molecule has 86 valence electrons. The largest absolute Gasteiger partial charge is 0.363 e. The molecule has 5 nitrogen and oxygen atoms in total. The van der Waals surface area contributed by atoms with Crippen LogP contribution in [0.1, 0.15) is 6.92 Å². The maximum absolute atomic E-state index is 12.1. The number of hydrogen-bond acceptors (Lipinski definition) is 4. The fraction of sp³-hybridized carbons (Fsp3) is 0.455. The topological polar surface area (TPSA) is 55.8 Å². The first-order valence-corrected chi connectivity index (χ1v) is 5.10. The molecule has 1 aliphatic carbocycles. The van der Waals surface area contributed by atoms with E-state index >= 15 is 0 Å². The summed E-state index contributed by atoms with van der Waals surface area (Å²) in [5.74, 6) is -1.47. The molecule has 0 aromatic rings. The van der Waals surface area contributed by atoms with Crippen molar-refractivity contribution in [3.05, 3.63) is 24.3 Å². The minimum absolute atomic E-state index is 0.261. The average molecular weight is 223 g/mol. The van der Waals surface area contributed by atoms with Crippen LogP contribution in [0.5, 0.6) is 0 Å². The summed E-state index contributed by atoms with van der Waals surface area (Å²) in [5, 5.41) is 0.800. The van der Waals surface area contributed by atoms with Crippen molar-refractivity contribution in [1.82, 2.24) is 5.06 Å². The van der Waals surface area contributed by atoms with Gasteiger partial charge >= 0.3 is 0 Å². The quantitative estimate of drug-likeness (QED) is 0.651. The summed E-state index contributed by atoms with van der Waals surface area (Å²) in [5.41, 5.74) is -1.22. The Morgan fingerprint density at radius 1 is 1.44 bits per heavy atom. The molecule has 0 spiro atoms. The van der Waals surface area contributed by atoms with E-state index in [1.54, 1.807) is 31.2 Å². The molecule has 0 saturated carbocycles. The highest BCUT2D eigenvalue weighted by Crippen LogP contribution is 2.37. The Bertz CT molecular complexity index is 387. The van der Waals surface area contributed by atoms with Crippen molar-refractivity contribution >= 4 is 11.8 Å². The van der Waals surface area contributed by atoms with Gasteiger partial charge in [0.25, 0.3) is 11.8 Å². The van der Waals surface area contributed by atoms with Gasteiger partial charge < -0.3 is 4.74 Å². The van der Waals surface area contributed by atoms with Gasteiger partial charge in [-0.3, -0.25) is 14.4 Å². The molecule has 16 heavy (non-hydrogen) atoms. The number of imide groups is 1. The summed E-state index contributed by atoms with van der Waals surface area (Å²) in [6.07, 6.45) is 6.67. The smallest absolute Gasteiger partial charge is 0.290 e. The second kappa shape index (κ2) is 3.84. The Morgan fingerprint density at radius 3 is 2.75 bits per heavy atom. The Balaban J connectivity index is 2.41. The van der Waals surface area contributed by atoms with Crippen LogP contribution in [0.15, 0.2) is 24.3 Å². The van der Waals surface area contributed by atoms with Crippen LogP contribution in [0.3, 0.4) is 0 Å². The molecule has 1 aliphatic heterocycles. The fourth-order valence-electron chi connectivity index (χ4n) is 2.01. The normalized spacial score (nSPS) is 32.4. The maximum atomic E-state index is 12.1. The predicted molar refractivity (Wildman–Crippen MR) is 55.0 cm³/mol. The lowest BCUT2D eigenvalue weighted by molar-refractivity contribution is -0.190. The third-order valence-corrected chi connectivity index (χ3v) is 2.80. The number of ether oxygens (including phenoxy) is 1. The van der Waals surface area contributed by atoms with Gasteiger partial charge in [0, 0.05) is 7.11 Å². The van der Waals surface area contributed by atoms with Gasteiger partial charge in [0.2, 0.25) is 0 Å². The van der Waals surface area contributed by atoms with Crippen LogP contribution in [0.2, 0.25) is 0 Å². The number of hydroxylamine groups is 2. The van der Waals surface area contributed by atoms with E-state index in [2.05, 4.69) is 0 Å². The number of rotatable bonds is 3. The van der Waals surface area contributed by atoms with E-state index < -0.39 is 17.4 Å². The first kappa shape index (κ1) is 11.0. The van der Waals surface area contributed by atoms with Gasteiger partial charge in [-0.2, -0.15) is 0 Å². The van der Waals surface area contributed by atoms with E-state index in [9.17, 15) is 9.59 Å². The molecule has 1 fully saturated rings. The number of fused-ring (bicyclic) bond motifs is 1. The summed E-state index contributed by atoms with van der Waals surface area (Å²) in [6, 6.07) is 0. The number of nitrogens with zero attached hydrogens (tertiary/aromatic N) is 1. The predicted octanol–water partition coefficient (Wildman–Crippen LogP) is 0.434. The molecule has 2 aliphatic rings. The third kappa shape index (κ3) is 1.25. The highest BCUT2D eigenvalue weighted by molar-refractivity contribution is 6.10. The summed E-state index contributed by atoms with van der Waals surface area (Å²) >= 11 is 0. The zero-order chi connectivity index (χ0) is 11.8. The van der Waals surface area contributed by atoms with Crippen molar-refractivity contribution in [3.63, 3.8) is 0 Å². The van der Waals surface area contributed by atoms with Crippen LogP contribution in [-0.4, -0.2) is 36.2 Å². The molecule has 2 unspecified atom stereocenters. The SMILES string of the molecule is CCON1C(=O)C2C=CC=CC2(OC)C1=O. The molecule has 0 aromatic heterocycles. The summed E-state index contributed by atoms with van der Waals surface area (Å²) in [4.78, 5) is 29.0. The van der Waals surface area contributed by atoms with E-state index in [1.165, 1.54) is 7.11 Å². The Kier molecular flexibility index (Phi) is 2.65. The summed E-state index contributed by atoms with van der Waals surface area (Å²) in [7, 11) is 1.41. The zero-order valence-electron chi connectivity index (χ0n) is 9.17. The molecule has 2 amide bonds. The lowest BCUT2D eigenvalue weighted by Gasteiger charge is -2.26. The molecule has 0 N–H and O–H groups in total. The highest BCUT2D eigenvalue weighted by atomic mass is 16.7.